The number of carbonyl (C=O) groups is 1. The lowest BCUT2D eigenvalue weighted by Gasteiger charge is -2.41. The second kappa shape index (κ2) is 5.85. The fourth-order valence-corrected chi connectivity index (χ4v) is 2.96. The summed E-state index contributed by atoms with van der Waals surface area (Å²) in [7, 11) is 1.67. The molecule has 2 aliphatic heterocycles. The van der Waals surface area contributed by atoms with E-state index in [9.17, 15) is 4.79 Å². The average Bonchev–Trinajstić information content (AvgIpc) is 2.47. The smallest absolute Gasteiger partial charge is 0.254 e. The third-order valence-electron chi connectivity index (χ3n) is 4.35. The second-order valence-electron chi connectivity index (χ2n) is 5.31. The largest absolute Gasteiger partial charge is 0.368 e. The van der Waals surface area contributed by atoms with E-state index in [0.29, 0.717) is 5.92 Å². The maximum atomic E-state index is 12.6. The summed E-state index contributed by atoms with van der Waals surface area (Å²) in [6, 6.07) is 0. The molecule has 2 saturated heterocycles. The van der Waals surface area contributed by atoms with E-state index >= 15 is 0 Å². The van der Waals surface area contributed by atoms with Crippen LogP contribution in [0.15, 0.2) is 12.7 Å². The van der Waals surface area contributed by atoms with E-state index in [-0.39, 0.29) is 5.91 Å². The minimum absolute atomic E-state index is 0.189. The quantitative estimate of drug-likeness (QED) is 0.767. The van der Waals surface area contributed by atoms with Crippen molar-refractivity contribution in [3.05, 3.63) is 12.7 Å². The molecule has 18 heavy (non-hydrogen) atoms. The van der Waals surface area contributed by atoms with Gasteiger partial charge < -0.3 is 15.0 Å². The number of ether oxygens (including phenoxy) is 1. The first-order valence-electron chi connectivity index (χ1n) is 6.89. The average molecular weight is 252 g/mol. The lowest BCUT2D eigenvalue weighted by Crippen LogP contribution is -2.56. The van der Waals surface area contributed by atoms with Crippen LogP contribution < -0.4 is 5.32 Å². The van der Waals surface area contributed by atoms with E-state index in [4.69, 9.17) is 4.74 Å². The minimum atomic E-state index is -0.577. The first-order valence-corrected chi connectivity index (χ1v) is 6.89. The third kappa shape index (κ3) is 2.59. The molecule has 2 heterocycles. The first-order chi connectivity index (χ1) is 8.72. The normalized spacial score (nSPS) is 24.8. The molecule has 0 spiro atoms. The standard InChI is InChI=1S/C14H24N2O2/c1-3-12-4-10-16(11-5-12)13(17)14(18-2)6-8-15-9-7-14/h3,12,15H,1,4-11H2,2H3. The lowest BCUT2D eigenvalue weighted by atomic mass is 9.88. The maximum absolute atomic E-state index is 12.6. The van der Waals surface area contributed by atoms with E-state index in [1.54, 1.807) is 7.11 Å². The van der Waals surface area contributed by atoms with Crippen molar-refractivity contribution in [2.24, 2.45) is 5.92 Å². The van der Waals surface area contributed by atoms with Crippen molar-refractivity contribution < 1.29 is 9.53 Å². The minimum Gasteiger partial charge on any atom is -0.368 e. The van der Waals surface area contributed by atoms with Crippen LogP contribution in [0.3, 0.4) is 0 Å². The van der Waals surface area contributed by atoms with Crippen LogP contribution in [0.25, 0.3) is 0 Å². The number of amides is 1. The Kier molecular flexibility index (Phi) is 4.40. The molecule has 2 aliphatic rings. The van der Waals surface area contributed by atoms with Gasteiger partial charge in [0.15, 0.2) is 0 Å². The van der Waals surface area contributed by atoms with Crippen LogP contribution in [0, 0.1) is 5.92 Å². The Morgan fingerprint density at radius 1 is 1.39 bits per heavy atom. The molecular formula is C14H24N2O2. The van der Waals surface area contributed by atoms with Crippen molar-refractivity contribution in [1.82, 2.24) is 10.2 Å². The van der Waals surface area contributed by atoms with E-state index in [1.165, 1.54) is 0 Å². The topological polar surface area (TPSA) is 41.6 Å². The zero-order valence-corrected chi connectivity index (χ0v) is 11.3. The Labute approximate surface area is 109 Å². The maximum Gasteiger partial charge on any atom is 0.254 e. The van der Waals surface area contributed by atoms with Gasteiger partial charge in [0.1, 0.15) is 5.60 Å². The van der Waals surface area contributed by atoms with Gasteiger partial charge in [-0.1, -0.05) is 6.08 Å². The molecule has 2 rings (SSSR count). The predicted octanol–water partition coefficient (Wildman–Crippen LogP) is 1.18. The molecule has 0 radical (unpaired) electrons. The van der Waals surface area contributed by atoms with Gasteiger partial charge in [-0.2, -0.15) is 0 Å². The molecule has 0 aromatic rings. The second-order valence-corrected chi connectivity index (χ2v) is 5.31. The summed E-state index contributed by atoms with van der Waals surface area (Å²) < 4.78 is 5.60. The molecular weight excluding hydrogens is 228 g/mol. The highest BCUT2D eigenvalue weighted by Gasteiger charge is 2.42. The number of hydrogen-bond donors (Lipinski definition) is 1. The number of hydrogen-bond acceptors (Lipinski definition) is 3. The van der Waals surface area contributed by atoms with E-state index < -0.39 is 5.60 Å². The molecule has 0 saturated carbocycles. The zero-order valence-electron chi connectivity index (χ0n) is 11.3. The van der Waals surface area contributed by atoms with Crippen LogP contribution in [-0.2, 0) is 9.53 Å². The van der Waals surface area contributed by atoms with Crippen molar-refractivity contribution in [2.75, 3.05) is 33.3 Å². The first kappa shape index (κ1) is 13.6. The van der Waals surface area contributed by atoms with Crippen molar-refractivity contribution in [3.63, 3.8) is 0 Å². The van der Waals surface area contributed by atoms with Gasteiger partial charge in [-0.3, -0.25) is 4.79 Å². The highest BCUT2D eigenvalue weighted by atomic mass is 16.5. The molecule has 4 nitrogen and oxygen atoms in total. The van der Waals surface area contributed by atoms with Gasteiger partial charge in [0, 0.05) is 20.2 Å². The summed E-state index contributed by atoms with van der Waals surface area (Å²) in [6.45, 7) is 7.25. The SMILES string of the molecule is C=CC1CCN(C(=O)C2(OC)CCNCC2)CC1. The van der Waals surface area contributed by atoms with Crippen molar-refractivity contribution >= 4 is 5.91 Å². The number of nitrogens with one attached hydrogen (secondary N) is 1. The number of carbonyl (C=O) groups excluding carboxylic acids is 1. The van der Waals surface area contributed by atoms with Gasteiger partial charge in [0.05, 0.1) is 0 Å². The third-order valence-corrected chi connectivity index (χ3v) is 4.35. The summed E-state index contributed by atoms with van der Waals surface area (Å²) in [5.41, 5.74) is -0.577. The Hall–Kier alpha value is -0.870. The van der Waals surface area contributed by atoms with Crippen LogP contribution in [-0.4, -0.2) is 49.7 Å². The molecule has 0 unspecified atom stereocenters. The highest BCUT2D eigenvalue weighted by molar-refractivity contribution is 5.85. The fraction of sp³-hybridized carbons (Fsp3) is 0.786. The van der Waals surface area contributed by atoms with Crippen LogP contribution >= 0.6 is 0 Å². The summed E-state index contributed by atoms with van der Waals surface area (Å²) in [5.74, 6) is 0.759. The summed E-state index contributed by atoms with van der Waals surface area (Å²) >= 11 is 0. The van der Waals surface area contributed by atoms with Gasteiger partial charge in [-0.15, -0.1) is 6.58 Å². The van der Waals surface area contributed by atoms with Gasteiger partial charge in [-0.05, 0) is 44.7 Å². The number of nitrogens with zero attached hydrogens (tertiary/aromatic N) is 1. The fourth-order valence-electron chi connectivity index (χ4n) is 2.96. The van der Waals surface area contributed by atoms with E-state index in [0.717, 1.165) is 51.9 Å². The Morgan fingerprint density at radius 2 is 2.00 bits per heavy atom. The lowest BCUT2D eigenvalue weighted by molar-refractivity contribution is -0.159. The number of methoxy groups -OCH3 is 1. The van der Waals surface area contributed by atoms with Crippen molar-refractivity contribution in [1.29, 1.82) is 0 Å². The van der Waals surface area contributed by atoms with Crippen LogP contribution in [0.5, 0.6) is 0 Å². The van der Waals surface area contributed by atoms with Crippen LogP contribution in [0.2, 0.25) is 0 Å². The number of allylic oxidation sites excluding steroid dienone is 1. The molecule has 0 atom stereocenters. The molecule has 1 amide bonds. The number of piperidine rings is 2. The van der Waals surface area contributed by atoms with Crippen molar-refractivity contribution in [3.8, 4) is 0 Å². The molecule has 0 aromatic carbocycles. The Balaban J connectivity index is 1.99. The van der Waals surface area contributed by atoms with Crippen LogP contribution in [0.1, 0.15) is 25.7 Å². The molecule has 102 valence electrons. The van der Waals surface area contributed by atoms with E-state index in [2.05, 4.69) is 11.9 Å². The summed E-state index contributed by atoms with van der Waals surface area (Å²) in [4.78, 5) is 14.6. The van der Waals surface area contributed by atoms with Crippen LogP contribution in [0.4, 0.5) is 0 Å². The zero-order chi connectivity index (χ0) is 13.0. The predicted molar refractivity (Wildman–Crippen MR) is 71.3 cm³/mol. The van der Waals surface area contributed by atoms with Crippen molar-refractivity contribution in [2.45, 2.75) is 31.3 Å². The summed E-state index contributed by atoms with van der Waals surface area (Å²) in [5, 5.41) is 3.28. The van der Waals surface area contributed by atoms with Gasteiger partial charge in [0.25, 0.3) is 5.91 Å². The Morgan fingerprint density at radius 3 is 2.50 bits per heavy atom. The molecule has 0 bridgehead atoms. The monoisotopic (exact) mass is 252 g/mol. The van der Waals surface area contributed by atoms with Gasteiger partial charge in [-0.25, -0.2) is 0 Å². The number of likely N-dealkylation sites (tertiary alicyclic amines) is 1. The van der Waals surface area contributed by atoms with Gasteiger partial charge >= 0.3 is 0 Å². The summed E-state index contributed by atoms with van der Waals surface area (Å²) in [6.07, 6.45) is 5.65. The van der Waals surface area contributed by atoms with Gasteiger partial charge in [0.2, 0.25) is 0 Å². The highest BCUT2D eigenvalue weighted by Crippen LogP contribution is 2.28. The molecule has 4 heteroatoms. The molecule has 2 fully saturated rings. The molecule has 0 aliphatic carbocycles. The Bertz CT molecular complexity index is 303. The molecule has 0 aromatic heterocycles. The van der Waals surface area contributed by atoms with E-state index in [1.807, 2.05) is 11.0 Å². The molecule has 1 N–H and O–H groups in total. The number of rotatable bonds is 3.